The first-order valence-electron chi connectivity index (χ1n) is 3.94. The van der Waals surface area contributed by atoms with Gasteiger partial charge in [-0.15, -0.1) is 0 Å². The van der Waals surface area contributed by atoms with Gasteiger partial charge >= 0.3 is 5.69 Å². The highest BCUT2D eigenvalue weighted by Gasteiger charge is 2.18. The highest BCUT2D eigenvalue weighted by Crippen LogP contribution is 2.26. The van der Waals surface area contributed by atoms with E-state index in [9.17, 15) is 10.1 Å². The topological polar surface area (TPSA) is 56.0 Å². The van der Waals surface area contributed by atoms with Gasteiger partial charge in [0.25, 0.3) is 0 Å². The van der Waals surface area contributed by atoms with Crippen LogP contribution in [0.4, 0.5) is 5.69 Å². The summed E-state index contributed by atoms with van der Waals surface area (Å²) in [6, 6.07) is 1.63. The van der Waals surface area contributed by atoms with Crippen LogP contribution in [0.3, 0.4) is 0 Å². The van der Waals surface area contributed by atoms with Gasteiger partial charge in [0.05, 0.1) is 4.92 Å². The third kappa shape index (κ3) is 2.15. The summed E-state index contributed by atoms with van der Waals surface area (Å²) in [6.45, 7) is 1.96. The second-order valence-corrected chi connectivity index (χ2v) is 2.97. The van der Waals surface area contributed by atoms with E-state index in [-0.39, 0.29) is 10.8 Å². The smallest absolute Gasteiger partial charge is 0.258 e. The molecule has 0 aromatic carbocycles. The van der Waals surface area contributed by atoms with Crippen LogP contribution in [0.2, 0.25) is 5.15 Å². The lowest BCUT2D eigenvalue weighted by Crippen LogP contribution is -1.97. The molecule has 5 heteroatoms. The summed E-state index contributed by atoms with van der Waals surface area (Å²) in [7, 11) is 0. The lowest BCUT2D eigenvalue weighted by molar-refractivity contribution is -0.385. The number of rotatable bonds is 3. The summed E-state index contributed by atoms with van der Waals surface area (Å²) < 4.78 is 0. The lowest BCUT2D eigenvalue weighted by Gasteiger charge is -2.00. The van der Waals surface area contributed by atoms with E-state index in [1.807, 2.05) is 6.92 Å². The number of aryl methyl sites for hydroxylation is 1. The van der Waals surface area contributed by atoms with Gasteiger partial charge in [-0.05, 0) is 12.5 Å². The van der Waals surface area contributed by atoms with Gasteiger partial charge < -0.3 is 0 Å². The summed E-state index contributed by atoms with van der Waals surface area (Å²) in [4.78, 5) is 13.8. The van der Waals surface area contributed by atoms with Gasteiger partial charge in [0, 0.05) is 11.8 Å². The Morgan fingerprint density at radius 1 is 1.69 bits per heavy atom. The molecule has 0 aliphatic carbocycles. The van der Waals surface area contributed by atoms with Crippen molar-refractivity contribution in [2.24, 2.45) is 0 Å². The number of hydrogen-bond acceptors (Lipinski definition) is 3. The Balaban J connectivity index is 3.17. The number of nitro groups is 1. The molecule has 1 aromatic heterocycles. The van der Waals surface area contributed by atoms with Crippen LogP contribution >= 0.6 is 11.6 Å². The predicted octanol–water partition coefficient (Wildman–Crippen LogP) is 2.60. The molecule has 0 aliphatic rings. The van der Waals surface area contributed by atoms with Crippen LogP contribution in [0.15, 0.2) is 12.3 Å². The molecular weight excluding hydrogens is 192 g/mol. The van der Waals surface area contributed by atoms with Crippen molar-refractivity contribution in [1.82, 2.24) is 4.98 Å². The predicted molar refractivity (Wildman–Crippen MR) is 49.9 cm³/mol. The maximum Gasteiger partial charge on any atom is 0.309 e. The minimum absolute atomic E-state index is 0.0315. The Labute approximate surface area is 80.7 Å². The fraction of sp³-hybridized carbons (Fsp3) is 0.375. The molecule has 1 rings (SSSR count). The summed E-state index contributed by atoms with van der Waals surface area (Å²) in [5.74, 6) is 0. The number of halogens is 1. The van der Waals surface area contributed by atoms with Gasteiger partial charge in [0.2, 0.25) is 5.15 Å². The Morgan fingerprint density at radius 2 is 2.38 bits per heavy atom. The van der Waals surface area contributed by atoms with Crippen molar-refractivity contribution in [2.45, 2.75) is 19.8 Å². The Morgan fingerprint density at radius 3 is 2.92 bits per heavy atom. The van der Waals surface area contributed by atoms with Gasteiger partial charge in [-0.1, -0.05) is 24.9 Å². The van der Waals surface area contributed by atoms with E-state index < -0.39 is 4.92 Å². The monoisotopic (exact) mass is 200 g/mol. The molecule has 0 radical (unpaired) electrons. The molecule has 0 atom stereocenters. The first-order chi connectivity index (χ1) is 6.16. The molecular formula is C8H9ClN2O2. The molecule has 1 heterocycles. The molecule has 0 unspecified atom stereocenters. The normalized spacial score (nSPS) is 10.0. The number of hydrogen-bond donors (Lipinski definition) is 0. The van der Waals surface area contributed by atoms with Crippen LogP contribution in [0.1, 0.15) is 18.9 Å². The van der Waals surface area contributed by atoms with Crippen molar-refractivity contribution in [2.75, 3.05) is 0 Å². The highest BCUT2D eigenvalue weighted by atomic mass is 35.5. The van der Waals surface area contributed by atoms with Gasteiger partial charge in [-0.25, -0.2) is 4.98 Å². The molecule has 0 N–H and O–H groups in total. The van der Waals surface area contributed by atoms with Gasteiger partial charge in [0.1, 0.15) is 0 Å². The number of pyridine rings is 1. The van der Waals surface area contributed by atoms with Crippen LogP contribution in [0.5, 0.6) is 0 Å². The van der Waals surface area contributed by atoms with Crippen LogP contribution in [0.25, 0.3) is 0 Å². The van der Waals surface area contributed by atoms with Gasteiger partial charge in [0.15, 0.2) is 0 Å². The molecule has 0 bridgehead atoms. The molecule has 4 nitrogen and oxygen atoms in total. The molecule has 0 amide bonds. The lowest BCUT2D eigenvalue weighted by atomic mass is 10.1. The van der Waals surface area contributed by atoms with E-state index in [4.69, 9.17) is 11.6 Å². The molecule has 0 saturated carbocycles. The van der Waals surface area contributed by atoms with Crippen molar-refractivity contribution in [3.63, 3.8) is 0 Å². The standard InChI is InChI=1S/C8H9ClN2O2/c1-2-3-6-4-5-10-8(9)7(6)11(12)13/h4-5H,2-3H2,1H3. The van der Waals surface area contributed by atoms with Crippen molar-refractivity contribution in [3.05, 3.63) is 33.1 Å². The molecule has 0 fully saturated rings. The third-order valence-electron chi connectivity index (χ3n) is 1.67. The Kier molecular flexibility index (Phi) is 3.19. The molecule has 1 aromatic rings. The van der Waals surface area contributed by atoms with Crippen LogP contribution < -0.4 is 0 Å². The van der Waals surface area contributed by atoms with Crippen LogP contribution in [0, 0.1) is 10.1 Å². The van der Waals surface area contributed by atoms with Crippen molar-refractivity contribution >= 4 is 17.3 Å². The average Bonchev–Trinajstić information content (AvgIpc) is 2.04. The zero-order chi connectivity index (χ0) is 9.84. The summed E-state index contributed by atoms with van der Waals surface area (Å²) >= 11 is 5.61. The Hall–Kier alpha value is -1.16. The quantitative estimate of drug-likeness (QED) is 0.428. The molecule has 70 valence electrons. The summed E-state index contributed by atoms with van der Waals surface area (Å²) in [5.41, 5.74) is 0.582. The van der Waals surface area contributed by atoms with E-state index in [2.05, 4.69) is 4.98 Å². The first kappa shape index (κ1) is 9.92. The van der Waals surface area contributed by atoms with Crippen molar-refractivity contribution < 1.29 is 4.92 Å². The second-order valence-electron chi connectivity index (χ2n) is 2.62. The molecule has 0 saturated heterocycles. The van der Waals surface area contributed by atoms with Crippen LogP contribution in [-0.2, 0) is 6.42 Å². The summed E-state index contributed by atoms with van der Waals surface area (Å²) in [6.07, 6.45) is 2.99. The minimum Gasteiger partial charge on any atom is -0.258 e. The third-order valence-corrected chi connectivity index (χ3v) is 1.94. The highest BCUT2D eigenvalue weighted by molar-refractivity contribution is 6.31. The Bertz CT molecular complexity index is 328. The van der Waals surface area contributed by atoms with Gasteiger partial charge in [-0.2, -0.15) is 0 Å². The van der Waals surface area contributed by atoms with Crippen molar-refractivity contribution in [3.8, 4) is 0 Å². The van der Waals surface area contributed by atoms with E-state index in [0.29, 0.717) is 12.0 Å². The maximum atomic E-state index is 10.6. The van der Waals surface area contributed by atoms with Gasteiger partial charge in [-0.3, -0.25) is 10.1 Å². The maximum absolute atomic E-state index is 10.6. The molecule has 0 spiro atoms. The number of nitrogens with zero attached hydrogens (tertiary/aromatic N) is 2. The zero-order valence-corrected chi connectivity index (χ0v) is 7.91. The fourth-order valence-electron chi connectivity index (χ4n) is 1.13. The summed E-state index contributed by atoms with van der Waals surface area (Å²) in [5, 5.41) is 10.6. The fourth-order valence-corrected chi connectivity index (χ4v) is 1.38. The first-order valence-corrected chi connectivity index (χ1v) is 4.32. The SMILES string of the molecule is CCCc1ccnc(Cl)c1[N+](=O)[O-]. The minimum atomic E-state index is -0.486. The number of aromatic nitrogens is 1. The zero-order valence-electron chi connectivity index (χ0n) is 7.16. The van der Waals surface area contributed by atoms with Crippen molar-refractivity contribution in [1.29, 1.82) is 0 Å². The van der Waals surface area contributed by atoms with E-state index in [0.717, 1.165) is 6.42 Å². The average molecular weight is 201 g/mol. The van der Waals surface area contributed by atoms with E-state index >= 15 is 0 Å². The molecule has 13 heavy (non-hydrogen) atoms. The molecule has 0 aliphatic heterocycles. The van der Waals surface area contributed by atoms with E-state index in [1.165, 1.54) is 6.20 Å². The second kappa shape index (κ2) is 4.18. The van der Waals surface area contributed by atoms with Crippen LogP contribution in [-0.4, -0.2) is 9.91 Å². The largest absolute Gasteiger partial charge is 0.309 e. The van der Waals surface area contributed by atoms with E-state index in [1.54, 1.807) is 6.07 Å².